The summed E-state index contributed by atoms with van der Waals surface area (Å²) in [5, 5.41) is 6.62. The first-order chi connectivity index (χ1) is 5.88. The number of hydrogen-bond acceptors (Lipinski definition) is 2. The van der Waals surface area contributed by atoms with Crippen molar-refractivity contribution in [3.05, 3.63) is 35.3 Å². The van der Waals surface area contributed by atoms with Crippen LogP contribution in [0.15, 0.2) is 35.3 Å². The summed E-state index contributed by atoms with van der Waals surface area (Å²) >= 11 is 3.44. The molecule has 2 heterocycles. The highest BCUT2D eigenvalue weighted by atomic mass is 79.9. The van der Waals surface area contributed by atoms with Gasteiger partial charge in [-0.25, -0.2) is 0 Å². The van der Waals surface area contributed by atoms with Gasteiger partial charge in [0.2, 0.25) is 0 Å². The molecule has 0 bridgehead atoms. The number of halogens is 1. The second-order valence-electron chi connectivity index (χ2n) is 2.34. The number of aromatic nitrogens is 3. The van der Waals surface area contributed by atoms with Crippen molar-refractivity contribution in [3.8, 4) is 11.1 Å². The van der Waals surface area contributed by atoms with Gasteiger partial charge in [-0.3, -0.25) is 10.1 Å². The van der Waals surface area contributed by atoms with Crippen LogP contribution in [0.1, 0.15) is 0 Å². The van der Waals surface area contributed by atoms with Crippen LogP contribution in [0.4, 0.5) is 0 Å². The second kappa shape index (κ2) is 3.06. The fourth-order valence-electron chi connectivity index (χ4n) is 0.988. The van der Waals surface area contributed by atoms with Crippen molar-refractivity contribution in [2.75, 3.05) is 0 Å². The maximum Gasteiger partial charge on any atom is 0.0566 e. The highest BCUT2D eigenvalue weighted by Gasteiger charge is 2.02. The molecule has 0 aliphatic heterocycles. The normalized spacial score (nSPS) is 10.1. The molecule has 2 aromatic heterocycles. The van der Waals surface area contributed by atoms with E-state index in [1.807, 2.05) is 12.3 Å². The van der Waals surface area contributed by atoms with E-state index in [-0.39, 0.29) is 0 Å². The topological polar surface area (TPSA) is 41.6 Å². The summed E-state index contributed by atoms with van der Waals surface area (Å²) in [7, 11) is 0. The Labute approximate surface area is 78.0 Å². The molecule has 0 radical (unpaired) electrons. The lowest BCUT2D eigenvalue weighted by molar-refractivity contribution is 1.09. The van der Waals surface area contributed by atoms with Crippen LogP contribution < -0.4 is 0 Å². The second-order valence-corrected chi connectivity index (χ2v) is 3.20. The Morgan fingerprint density at radius 3 is 2.92 bits per heavy atom. The van der Waals surface area contributed by atoms with Gasteiger partial charge < -0.3 is 0 Å². The molecule has 60 valence electrons. The van der Waals surface area contributed by atoms with Crippen molar-refractivity contribution in [3.63, 3.8) is 0 Å². The third-order valence-electron chi connectivity index (χ3n) is 1.58. The predicted molar refractivity (Wildman–Crippen MR) is 49.5 cm³/mol. The van der Waals surface area contributed by atoms with Gasteiger partial charge in [-0.15, -0.1) is 0 Å². The molecule has 0 aliphatic rings. The van der Waals surface area contributed by atoms with E-state index in [1.54, 1.807) is 18.6 Å². The Kier molecular flexibility index (Phi) is 1.91. The molecule has 0 spiro atoms. The minimum absolute atomic E-state index is 1.03. The summed E-state index contributed by atoms with van der Waals surface area (Å²) in [5.74, 6) is 0. The summed E-state index contributed by atoms with van der Waals surface area (Å²) in [4.78, 5) is 4.03. The Morgan fingerprint density at radius 2 is 2.25 bits per heavy atom. The predicted octanol–water partition coefficient (Wildman–Crippen LogP) is 2.23. The smallest absolute Gasteiger partial charge is 0.0566 e. The van der Waals surface area contributed by atoms with Gasteiger partial charge in [0, 0.05) is 34.2 Å². The zero-order valence-electron chi connectivity index (χ0n) is 6.16. The summed E-state index contributed by atoms with van der Waals surface area (Å²) in [5.41, 5.74) is 2.08. The highest BCUT2D eigenvalue weighted by Crippen LogP contribution is 2.25. The molecule has 0 saturated heterocycles. The number of nitrogens with zero attached hydrogens (tertiary/aromatic N) is 2. The minimum atomic E-state index is 1.03. The average molecular weight is 224 g/mol. The van der Waals surface area contributed by atoms with Crippen molar-refractivity contribution >= 4 is 15.9 Å². The number of aromatic amines is 1. The first kappa shape index (κ1) is 7.49. The molecular formula is C8H6BrN3. The molecule has 0 atom stereocenters. The third kappa shape index (κ3) is 1.25. The monoisotopic (exact) mass is 223 g/mol. The number of rotatable bonds is 1. The molecule has 0 amide bonds. The van der Waals surface area contributed by atoms with Gasteiger partial charge in [0.25, 0.3) is 0 Å². The van der Waals surface area contributed by atoms with E-state index in [0.717, 1.165) is 15.6 Å². The summed E-state index contributed by atoms with van der Waals surface area (Å²) in [6.07, 6.45) is 7.14. The van der Waals surface area contributed by atoms with Crippen molar-refractivity contribution < 1.29 is 0 Å². The van der Waals surface area contributed by atoms with E-state index in [0.29, 0.717) is 0 Å². The Hall–Kier alpha value is -1.16. The van der Waals surface area contributed by atoms with E-state index < -0.39 is 0 Å². The van der Waals surface area contributed by atoms with Crippen LogP contribution in [0.5, 0.6) is 0 Å². The Morgan fingerprint density at radius 1 is 1.33 bits per heavy atom. The van der Waals surface area contributed by atoms with Gasteiger partial charge >= 0.3 is 0 Å². The van der Waals surface area contributed by atoms with Crippen LogP contribution in [-0.2, 0) is 0 Å². The first-order valence-electron chi connectivity index (χ1n) is 3.46. The lowest BCUT2D eigenvalue weighted by Gasteiger charge is -1.97. The van der Waals surface area contributed by atoms with Crippen molar-refractivity contribution in [2.45, 2.75) is 0 Å². The molecule has 1 N–H and O–H groups in total. The van der Waals surface area contributed by atoms with E-state index >= 15 is 0 Å². The molecule has 12 heavy (non-hydrogen) atoms. The van der Waals surface area contributed by atoms with Crippen molar-refractivity contribution in [1.29, 1.82) is 0 Å². The largest absolute Gasteiger partial charge is 0.285 e. The molecule has 0 aromatic carbocycles. The van der Waals surface area contributed by atoms with E-state index in [4.69, 9.17) is 0 Å². The zero-order valence-corrected chi connectivity index (χ0v) is 7.75. The molecule has 0 fully saturated rings. The standard InChI is InChI=1S/C8H6BrN3/c9-8-1-2-10-5-7(8)6-3-11-12-4-6/h1-5H,(H,11,12). The van der Waals surface area contributed by atoms with Crippen LogP contribution >= 0.6 is 15.9 Å². The van der Waals surface area contributed by atoms with Gasteiger partial charge in [-0.1, -0.05) is 15.9 Å². The fourth-order valence-corrected chi connectivity index (χ4v) is 1.44. The number of pyridine rings is 1. The number of H-pyrrole nitrogens is 1. The van der Waals surface area contributed by atoms with Gasteiger partial charge in [-0.2, -0.15) is 5.10 Å². The maximum absolute atomic E-state index is 4.03. The molecule has 0 saturated carbocycles. The van der Waals surface area contributed by atoms with E-state index in [1.165, 1.54) is 0 Å². The SMILES string of the molecule is Brc1ccncc1-c1cn[nH]c1. The number of nitrogens with one attached hydrogen (secondary N) is 1. The van der Waals surface area contributed by atoms with Crippen LogP contribution in [0.3, 0.4) is 0 Å². The highest BCUT2D eigenvalue weighted by molar-refractivity contribution is 9.10. The first-order valence-corrected chi connectivity index (χ1v) is 4.26. The lowest BCUT2D eigenvalue weighted by atomic mass is 10.2. The van der Waals surface area contributed by atoms with Crippen LogP contribution in [0, 0.1) is 0 Å². The molecular weight excluding hydrogens is 218 g/mol. The summed E-state index contributed by atoms with van der Waals surface area (Å²) in [6, 6.07) is 1.91. The van der Waals surface area contributed by atoms with Gasteiger partial charge in [-0.05, 0) is 6.07 Å². The fraction of sp³-hybridized carbons (Fsp3) is 0. The van der Waals surface area contributed by atoms with Crippen LogP contribution in [-0.4, -0.2) is 15.2 Å². The third-order valence-corrected chi connectivity index (χ3v) is 2.27. The molecule has 3 nitrogen and oxygen atoms in total. The maximum atomic E-state index is 4.03. The molecule has 2 rings (SSSR count). The van der Waals surface area contributed by atoms with Gasteiger partial charge in [0.05, 0.1) is 6.20 Å². The van der Waals surface area contributed by atoms with E-state index in [2.05, 4.69) is 31.1 Å². The summed E-state index contributed by atoms with van der Waals surface area (Å²) in [6.45, 7) is 0. The van der Waals surface area contributed by atoms with Gasteiger partial charge in [0.1, 0.15) is 0 Å². The zero-order chi connectivity index (χ0) is 8.39. The molecule has 0 aliphatic carbocycles. The van der Waals surface area contributed by atoms with Gasteiger partial charge in [0.15, 0.2) is 0 Å². The van der Waals surface area contributed by atoms with E-state index in [9.17, 15) is 0 Å². The Bertz CT molecular complexity index is 370. The van der Waals surface area contributed by atoms with Crippen molar-refractivity contribution in [1.82, 2.24) is 15.2 Å². The van der Waals surface area contributed by atoms with Crippen molar-refractivity contribution in [2.24, 2.45) is 0 Å². The summed E-state index contributed by atoms with van der Waals surface area (Å²) < 4.78 is 1.03. The molecule has 0 unspecified atom stereocenters. The van der Waals surface area contributed by atoms with Crippen LogP contribution in [0.2, 0.25) is 0 Å². The lowest BCUT2D eigenvalue weighted by Crippen LogP contribution is -1.78. The molecule has 4 heteroatoms. The minimum Gasteiger partial charge on any atom is -0.285 e. The average Bonchev–Trinajstić information content (AvgIpc) is 2.57. The molecule has 2 aromatic rings. The van der Waals surface area contributed by atoms with Crippen LogP contribution in [0.25, 0.3) is 11.1 Å². The Balaban J connectivity index is 2.55. The number of hydrogen-bond donors (Lipinski definition) is 1. The quantitative estimate of drug-likeness (QED) is 0.806.